The Labute approximate surface area is 133 Å². The fraction of sp³-hybridized carbons (Fsp3) is 0.533. The molecule has 6 heteroatoms. The van der Waals surface area contributed by atoms with Gasteiger partial charge in [-0.25, -0.2) is 9.97 Å². The summed E-state index contributed by atoms with van der Waals surface area (Å²) in [5.74, 6) is 0.679. The summed E-state index contributed by atoms with van der Waals surface area (Å²) < 4.78 is 5.52. The van der Waals surface area contributed by atoms with Crippen LogP contribution in [0, 0.1) is 18.3 Å². The first-order valence-electron chi connectivity index (χ1n) is 7.05. The highest BCUT2D eigenvalue weighted by molar-refractivity contribution is 7.21. The van der Waals surface area contributed by atoms with Crippen molar-refractivity contribution < 1.29 is 4.74 Å². The van der Waals surface area contributed by atoms with E-state index in [0.29, 0.717) is 11.6 Å². The van der Waals surface area contributed by atoms with Gasteiger partial charge in [0.15, 0.2) is 10.0 Å². The smallest absolute Gasteiger partial charge is 0.233 e. The van der Waals surface area contributed by atoms with Gasteiger partial charge < -0.3 is 4.74 Å². The van der Waals surface area contributed by atoms with Crippen LogP contribution < -0.4 is 0 Å². The van der Waals surface area contributed by atoms with Gasteiger partial charge in [-0.05, 0) is 33.1 Å². The van der Waals surface area contributed by atoms with Gasteiger partial charge in [0, 0.05) is 16.0 Å². The van der Waals surface area contributed by atoms with Crippen LogP contribution in [0.15, 0.2) is 6.20 Å². The van der Waals surface area contributed by atoms with Crippen molar-refractivity contribution in [1.82, 2.24) is 9.97 Å². The Kier molecular flexibility index (Phi) is 5.11. The maximum atomic E-state index is 8.13. The molecular weight excluding hydrogens is 302 g/mol. The van der Waals surface area contributed by atoms with Gasteiger partial charge in [-0.2, -0.15) is 0 Å². The molecule has 0 radical (unpaired) electrons. The second-order valence-corrected chi connectivity index (χ2v) is 7.98. The van der Waals surface area contributed by atoms with Gasteiger partial charge in [0.1, 0.15) is 5.69 Å². The quantitative estimate of drug-likeness (QED) is 0.650. The van der Waals surface area contributed by atoms with Crippen LogP contribution in [0.2, 0.25) is 0 Å². The maximum Gasteiger partial charge on any atom is 0.233 e. The molecule has 0 saturated carbocycles. The number of hydrogen-bond acceptors (Lipinski definition) is 6. The molecule has 0 unspecified atom stereocenters. The van der Waals surface area contributed by atoms with Crippen molar-refractivity contribution in [2.24, 2.45) is 5.92 Å². The fourth-order valence-corrected chi connectivity index (χ4v) is 3.94. The molecule has 0 saturated heterocycles. The lowest BCUT2D eigenvalue weighted by molar-refractivity contribution is 0.226. The number of nitrogens with zero attached hydrogens (tertiary/aromatic N) is 2. The van der Waals surface area contributed by atoms with Crippen molar-refractivity contribution in [2.75, 3.05) is 0 Å². The van der Waals surface area contributed by atoms with E-state index in [2.05, 4.69) is 23.8 Å². The van der Waals surface area contributed by atoms with Crippen LogP contribution in [0.25, 0.3) is 10.0 Å². The zero-order valence-corrected chi connectivity index (χ0v) is 14.7. The minimum absolute atomic E-state index is 0.0170. The Morgan fingerprint density at radius 1 is 1.24 bits per heavy atom. The highest BCUT2D eigenvalue weighted by atomic mass is 32.1. The third-order valence-corrected chi connectivity index (χ3v) is 4.80. The number of nitrogens with one attached hydrogen (secondary N) is 1. The Bertz CT molecular complexity index is 629. The van der Waals surface area contributed by atoms with E-state index < -0.39 is 0 Å². The Hall–Kier alpha value is -1.27. The van der Waals surface area contributed by atoms with E-state index in [-0.39, 0.29) is 12.0 Å². The van der Waals surface area contributed by atoms with Gasteiger partial charge >= 0.3 is 0 Å². The van der Waals surface area contributed by atoms with Crippen LogP contribution in [0.3, 0.4) is 0 Å². The van der Waals surface area contributed by atoms with Crippen LogP contribution in [0.4, 0.5) is 0 Å². The van der Waals surface area contributed by atoms with E-state index in [9.17, 15) is 0 Å². The molecular formula is C15H21N3OS2. The summed E-state index contributed by atoms with van der Waals surface area (Å²) in [5, 5.41) is 9.94. The van der Waals surface area contributed by atoms with Crippen LogP contribution in [-0.4, -0.2) is 22.0 Å². The molecule has 114 valence electrons. The van der Waals surface area contributed by atoms with Gasteiger partial charge in [-0.15, -0.1) is 22.7 Å². The summed E-state index contributed by atoms with van der Waals surface area (Å²) in [6, 6.07) is 0. The van der Waals surface area contributed by atoms with Crippen molar-refractivity contribution in [3.05, 3.63) is 21.6 Å². The molecule has 0 fully saturated rings. The first-order valence-corrected chi connectivity index (χ1v) is 8.68. The van der Waals surface area contributed by atoms with Gasteiger partial charge in [-0.3, -0.25) is 5.41 Å². The summed E-state index contributed by atoms with van der Waals surface area (Å²) >= 11 is 3.26. The second-order valence-electron chi connectivity index (χ2n) is 5.66. The van der Waals surface area contributed by atoms with Crippen LogP contribution in [0.1, 0.15) is 43.1 Å². The third kappa shape index (κ3) is 4.11. The topological polar surface area (TPSA) is 58.9 Å². The molecule has 21 heavy (non-hydrogen) atoms. The largest absolute Gasteiger partial charge is 0.474 e. The minimum Gasteiger partial charge on any atom is -0.474 e. The molecule has 1 N–H and O–H groups in total. The van der Waals surface area contributed by atoms with E-state index in [0.717, 1.165) is 21.3 Å². The Morgan fingerprint density at radius 3 is 2.48 bits per heavy atom. The van der Waals surface area contributed by atoms with E-state index in [1.165, 1.54) is 4.88 Å². The van der Waals surface area contributed by atoms with E-state index in [1.807, 2.05) is 27.0 Å². The molecule has 4 nitrogen and oxygen atoms in total. The number of rotatable bonds is 5. The molecule has 0 aliphatic heterocycles. The number of hydrogen-bond donors (Lipinski definition) is 1. The summed E-state index contributed by atoms with van der Waals surface area (Å²) in [5.41, 5.74) is 0.672. The zero-order chi connectivity index (χ0) is 15.6. The summed E-state index contributed by atoms with van der Waals surface area (Å²) in [4.78, 5) is 11.3. The van der Waals surface area contributed by atoms with Gasteiger partial charge in [0.25, 0.3) is 0 Å². The average molecular weight is 323 g/mol. The van der Waals surface area contributed by atoms with Crippen molar-refractivity contribution in [3.8, 4) is 10.0 Å². The van der Waals surface area contributed by atoms with Crippen molar-refractivity contribution in [3.63, 3.8) is 0 Å². The normalized spacial score (nSPS) is 11.4. The highest BCUT2D eigenvalue weighted by Crippen LogP contribution is 2.32. The van der Waals surface area contributed by atoms with Gasteiger partial charge in [-0.1, -0.05) is 13.8 Å². The lowest BCUT2D eigenvalue weighted by Crippen LogP contribution is -2.14. The van der Waals surface area contributed by atoms with E-state index in [4.69, 9.17) is 10.1 Å². The third-order valence-electron chi connectivity index (χ3n) is 2.66. The molecule has 2 aromatic heterocycles. The monoisotopic (exact) mass is 323 g/mol. The fourth-order valence-electron chi connectivity index (χ4n) is 1.87. The number of aromatic nitrogens is 2. The molecule has 0 spiro atoms. The lowest BCUT2D eigenvalue weighted by atomic mass is 10.1. The number of aryl methyl sites for hydroxylation is 1. The molecule has 2 rings (SSSR count). The molecule has 0 aliphatic rings. The van der Waals surface area contributed by atoms with E-state index in [1.54, 1.807) is 22.7 Å². The van der Waals surface area contributed by atoms with Gasteiger partial charge in [0.2, 0.25) is 5.90 Å². The number of ether oxygens (including phenoxy) is 1. The molecule has 2 aromatic rings. The highest BCUT2D eigenvalue weighted by Gasteiger charge is 2.20. The van der Waals surface area contributed by atoms with Crippen molar-refractivity contribution >= 4 is 28.6 Å². The standard InChI is InChI=1S/C15H21N3OS2/c1-8(2)6-11-12(13(16)19-9(3)4)18-15(21-11)14-17-7-10(5)20-14/h7-9,16H,6H2,1-5H3. The van der Waals surface area contributed by atoms with E-state index >= 15 is 0 Å². The molecule has 0 aromatic carbocycles. The minimum atomic E-state index is -0.0170. The van der Waals surface area contributed by atoms with Crippen LogP contribution in [-0.2, 0) is 11.2 Å². The Balaban J connectivity index is 2.37. The Morgan fingerprint density at radius 2 is 1.95 bits per heavy atom. The second kappa shape index (κ2) is 6.66. The zero-order valence-electron chi connectivity index (χ0n) is 13.1. The lowest BCUT2D eigenvalue weighted by Gasteiger charge is -2.10. The van der Waals surface area contributed by atoms with Crippen molar-refractivity contribution in [2.45, 2.75) is 47.1 Å². The summed E-state index contributed by atoms with van der Waals surface area (Å²) in [6.07, 6.45) is 2.75. The predicted molar refractivity (Wildman–Crippen MR) is 89.6 cm³/mol. The molecule has 0 amide bonds. The first-order chi connectivity index (χ1) is 9.86. The van der Waals surface area contributed by atoms with Crippen molar-refractivity contribution in [1.29, 1.82) is 5.41 Å². The number of thiazole rings is 2. The maximum absolute atomic E-state index is 8.13. The summed E-state index contributed by atoms with van der Waals surface area (Å²) in [7, 11) is 0. The van der Waals surface area contributed by atoms with Gasteiger partial charge in [0.05, 0.1) is 6.10 Å². The summed E-state index contributed by atoms with van der Waals surface area (Å²) in [6.45, 7) is 10.2. The first kappa shape index (κ1) is 16.1. The molecule has 0 bridgehead atoms. The SMILES string of the molecule is Cc1cnc(-c2nc(C(=N)OC(C)C)c(CC(C)C)s2)s1. The predicted octanol–water partition coefficient (Wildman–Crippen LogP) is 4.52. The van der Waals surface area contributed by atoms with Crippen LogP contribution >= 0.6 is 22.7 Å². The molecule has 0 aliphatic carbocycles. The average Bonchev–Trinajstić information content (AvgIpc) is 2.94. The van der Waals surface area contributed by atoms with Crippen LogP contribution in [0.5, 0.6) is 0 Å². The molecule has 2 heterocycles. The molecule has 0 atom stereocenters.